The lowest BCUT2D eigenvalue weighted by molar-refractivity contribution is -0.137. The van der Waals surface area contributed by atoms with Gasteiger partial charge in [0.2, 0.25) is 0 Å². The molecule has 1 aromatic carbocycles. The molecular weight excluding hydrogens is 310 g/mol. The molecule has 0 bridgehead atoms. The van der Waals surface area contributed by atoms with Gasteiger partial charge in [0, 0.05) is 12.6 Å². The van der Waals surface area contributed by atoms with E-state index in [-0.39, 0.29) is 29.7 Å². The number of benzene rings is 1. The Kier molecular flexibility index (Phi) is 4.57. The van der Waals surface area contributed by atoms with Crippen LogP contribution in [0.4, 0.5) is 17.6 Å². The first-order chi connectivity index (χ1) is 9.66. The summed E-state index contributed by atoms with van der Waals surface area (Å²) in [6.07, 6.45) is -3.44. The van der Waals surface area contributed by atoms with E-state index in [2.05, 4.69) is 5.32 Å². The number of hydrogen-bond acceptors (Lipinski definition) is 3. The normalized spacial score (nSPS) is 22.2. The summed E-state index contributed by atoms with van der Waals surface area (Å²) >= 11 is 0. The number of sulfone groups is 1. The van der Waals surface area contributed by atoms with Gasteiger partial charge >= 0.3 is 6.18 Å². The maximum absolute atomic E-state index is 13.2. The molecule has 0 spiro atoms. The monoisotopic (exact) mass is 325 g/mol. The van der Waals surface area contributed by atoms with E-state index in [1.54, 1.807) is 0 Å². The van der Waals surface area contributed by atoms with Crippen molar-refractivity contribution in [1.82, 2.24) is 5.32 Å². The summed E-state index contributed by atoms with van der Waals surface area (Å²) in [5.41, 5.74) is -0.902. The Labute approximate surface area is 120 Å². The summed E-state index contributed by atoms with van der Waals surface area (Å²) in [7, 11) is -3.09. The molecule has 0 radical (unpaired) electrons. The predicted octanol–water partition coefficient (Wildman–Crippen LogP) is 2.51. The molecule has 0 aromatic heterocycles. The van der Waals surface area contributed by atoms with Crippen molar-refractivity contribution in [3.8, 4) is 0 Å². The van der Waals surface area contributed by atoms with Gasteiger partial charge in [-0.15, -0.1) is 0 Å². The number of rotatable bonds is 3. The molecule has 118 valence electrons. The topological polar surface area (TPSA) is 46.2 Å². The van der Waals surface area contributed by atoms with E-state index in [1.807, 2.05) is 0 Å². The first kappa shape index (κ1) is 16.2. The van der Waals surface area contributed by atoms with Crippen LogP contribution in [0.15, 0.2) is 18.2 Å². The molecule has 21 heavy (non-hydrogen) atoms. The summed E-state index contributed by atoms with van der Waals surface area (Å²) in [6.45, 7) is 0.00102. The number of alkyl halides is 3. The van der Waals surface area contributed by atoms with Gasteiger partial charge in [-0.3, -0.25) is 0 Å². The van der Waals surface area contributed by atoms with Crippen molar-refractivity contribution in [3.05, 3.63) is 35.1 Å². The van der Waals surface area contributed by atoms with Gasteiger partial charge in [-0.2, -0.15) is 13.2 Å². The number of nitrogens with one attached hydrogen (secondary N) is 1. The Morgan fingerprint density at radius 1 is 1.24 bits per heavy atom. The van der Waals surface area contributed by atoms with Crippen LogP contribution in [-0.4, -0.2) is 26.0 Å². The molecule has 0 saturated carbocycles. The van der Waals surface area contributed by atoms with E-state index in [9.17, 15) is 26.0 Å². The summed E-state index contributed by atoms with van der Waals surface area (Å²) in [5.74, 6) is -0.851. The van der Waals surface area contributed by atoms with Crippen LogP contribution in [-0.2, 0) is 22.6 Å². The van der Waals surface area contributed by atoms with Crippen molar-refractivity contribution >= 4 is 9.84 Å². The van der Waals surface area contributed by atoms with Gasteiger partial charge in [-0.1, -0.05) is 0 Å². The second-order valence-electron chi connectivity index (χ2n) is 5.18. The molecule has 0 aliphatic carbocycles. The Bertz CT molecular complexity index is 613. The molecule has 1 N–H and O–H groups in total. The van der Waals surface area contributed by atoms with Crippen LogP contribution in [0, 0.1) is 5.82 Å². The standard InChI is InChI=1S/C13H15F4NO2S/c14-11-5-9(4-10(6-11)13(15,16)17)7-18-12-2-1-3-21(19,20)8-12/h4-6,12,18H,1-3,7-8H2. The van der Waals surface area contributed by atoms with Crippen LogP contribution >= 0.6 is 0 Å². The minimum absolute atomic E-state index is 0.00102. The molecule has 1 fully saturated rings. The van der Waals surface area contributed by atoms with E-state index in [0.29, 0.717) is 18.9 Å². The summed E-state index contributed by atoms with van der Waals surface area (Å²) in [4.78, 5) is 0. The minimum atomic E-state index is -4.61. The first-order valence-electron chi connectivity index (χ1n) is 6.46. The highest BCUT2D eigenvalue weighted by Crippen LogP contribution is 2.30. The van der Waals surface area contributed by atoms with Gasteiger partial charge in [-0.05, 0) is 36.6 Å². The second-order valence-corrected chi connectivity index (χ2v) is 7.41. The van der Waals surface area contributed by atoms with E-state index >= 15 is 0 Å². The SMILES string of the molecule is O=S1(=O)CCCC(NCc2cc(F)cc(C(F)(F)F)c2)C1. The zero-order valence-corrected chi connectivity index (χ0v) is 11.9. The average molecular weight is 325 g/mol. The lowest BCUT2D eigenvalue weighted by Crippen LogP contribution is -2.39. The molecule has 2 rings (SSSR count). The molecule has 1 aliphatic heterocycles. The molecule has 1 aliphatic rings. The third-order valence-corrected chi connectivity index (χ3v) is 5.16. The van der Waals surface area contributed by atoms with Gasteiger partial charge in [0.1, 0.15) is 5.82 Å². The fraction of sp³-hybridized carbons (Fsp3) is 0.538. The van der Waals surface area contributed by atoms with E-state index in [4.69, 9.17) is 0 Å². The minimum Gasteiger partial charge on any atom is -0.309 e. The van der Waals surface area contributed by atoms with Gasteiger partial charge in [-0.25, -0.2) is 12.8 Å². The highest BCUT2D eigenvalue weighted by atomic mass is 32.2. The summed E-state index contributed by atoms with van der Waals surface area (Å²) in [5, 5.41) is 2.89. The Balaban J connectivity index is 2.05. The van der Waals surface area contributed by atoms with Crippen molar-refractivity contribution in [2.75, 3.05) is 11.5 Å². The lowest BCUT2D eigenvalue weighted by atomic mass is 10.1. The summed E-state index contributed by atoms with van der Waals surface area (Å²) < 4.78 is 73.9. The van der Waals surface area contributed by atoms with E-state index in [1.165, 1.54) is 0 Å². The average Bonchev–Trinajstić information content (AvgIpc) is 2.33. The Hall–Kier alpha value is -1.15. The third-order valence-electron chi connectivity index (χ3n) is 3.34. The highest BCUT2D eigenvalue weighted by Gasteiger charge is 2.31. The van der Waals surface area contributed by atoms with Crippen molar-refractivity contribution in [2.45, 2.75) is 31.6 Å². The third kappa shape index (κ3) is 4.67. The van der Waals surface area contributed by atoms with Crippen LogP contribution < -0.4 is 5.32 Å². The Morgan fingerprint density at radius 3 is 2.57 bits per heavy atom. The maximum atomic E-state index is 13.2. The fourth-order valence-corrected chi connectivity index (χ4v) is 4.03. The Morgan fingerprint density at radius 2 is 1.95 bits per heavy atom. The molecule has 0 amide bonds. The zero-order valence-electron chi connectivity index (χ0n) is 11.1. The van der Waals surface area contributed by atoms with Gasteiger partial charge in [0.05, 0.1) is 17.1 Å². The van der Waals surface area contributed by atoms with Gasteiger partial charge in [0.25, 0.3) is 0 Å². The number of hydrogen-bond donors (Lipinski definition) is 1. The molecule has 1 unspecified atom stereocenters. The molecule has 3 nitrogen and oxygen atoms in total. The largest absolute Gasteiger partial charge is 0.416 e. The first-order valence-corrected chi connectivity index (χ1v) is 8.28. The number of halogens is 4. The molecule has 8 heteroatoms. The summed E-state index contributed by atoms with van der Waals surface area (Å²) in [6, 6.07) is 2.02. The fourth-order valence-electron chi connectivity index (χ4n) is 2.36. The van der Waals surface area contributed by atoms with Crippen LogP contribution in [0.5, 0.6) is 0 Å². The molecular formula is C13H15F4NO2S. The molecule has 1 aromatic rings. The maximum Gasteiger partial charge on any atom is 0.416 e. The quantitative estimate of drug-likeness (QED) is 0.869. The van der Waals surface area contributed by atoms with Crippen LogP contribution in [0.25, 0.3) is 0 Å². The van der Waals surface area contributed by atoms with Crippen molar-refractivity contribution in [2.24, 2.45) is 0 Å². The molecule has 1 heterocycles. The van der Waals surface area contributed by atoms with E-state index < -0.39 is 27.4 Å². The van der Waals surface area contributed by atoms with Gasteiger partial charge < -0.3 is 5.32 Å². The molecule has 1 saturated heterocycles. The predicted molar refractivity (Wildman–Crippen MR) is 69.9 cm³/mol. The van der Waals surface area contributed by atoms with E-state index in [0.717, 1.165) is 12.1 Å². The van der Waals surface area contributed by atoms with Crippen LogP contribution in [0.1, 0.15) is 24.0 Å². The smallest absolute Gasteiger partial charge is 0.309 e. The second kappa shape index (κ2) is 5.92. The zero-order chi connectivity index (χ0) is 15.7. The highest BCUT2D eigenvalue weighted by molar-refractivity contribution is 7.91. The van der Waals surface area contributed by atoms with Gasteiger partial charge in [0.15, 0.2) is 9.84 Å². The van der Waals surface area contributed by atoms with Crippen LogP contribution in [0.2, 0.25) is 0 Å². The molecule has 1 atom stereocenters. The van der Waals surface area contributed by atoms with Crippen LogP contribution in [0.3, 0.4) is 0 Å². The van der Waals surface area contributed by atoms with Crippen molar-refractivity contribution in [3.63, 3.8) is 0 Å². The van der Waals surface area contributed by atoms with Crippen molar-refractivity contribution in [1.29, 1.82) is 0 Å². The lowest BCUT2D eigenvalue weighted by Gasteiger charge is -2.23. The van der Waals surface area contributed by atoms with Crippen molar-refractivity contribution < 1.29 is 26.0 Å².